The van der Waals surface area contributed by atoms with Crippen molar-refractivity contribution in [3.8, 4) is 0 Å². The van der Waals surface area contributed by atoms with Gasteiger partial charge in [-0.1, -0.05) is 36.4 Å². The Bertz CT molecular complexity index is 396. The summed E-state index contributed by atoms with van der Waals surface area (Å²) in [5.41, 5.74) is 0. The largest absolute Gasteiger partial charge is 0.460 e. The van der Waals surface area contributed by atoms with Crippen LogP contribution in [0.25, 0.3) is 0 Å². The first-order valence-electron chi connectivity index (χ1n) is 5.54. The van der Waals surface area contributed by atoms with E-state index in [9.17, 15) is 48.3 Å². The van der Waals surface area contributed by atoms with E-state index < -0.39 is 39.7 Å². The van der Waals surface area contributed by atoms with Gasteiger partial charge < -0.3 is 0 Å². The molecule has 0 heterocycles. The molecular formula is C10H10F11I. The fourth-order valence-electron chi connectivity index (χ4n) is 1.30. The Labute approximate surface area is 131 Å². The van der Waals surface area contributed by atoms with Crippen molar-refractivity contribution >= 4 is 22.6 Å². The SMILES string of the molecule is CCC(C)(I)CC(F)(F)C(F)(F)C(F)(F)C(F)(F)C(F)(F)F. The van der Waals surface area contributed by atoms with E-state index in [0.717, 1.165) is 6.92 Å². The van der Waals surface area contributed by atoms with Crippen molar-refractivity contribution < 1.29 is 48.3 Å². The second kappa shape index (κ2) is 5.80. The number of hydrogen-bond acceptors (Lipinski definition) is 0. The van der Waals surface area contributed by atoms with Crippen LogP contribution in [0.5, 0.6) is 0 Å². The van der Waals surface area contributed by atoms with Gasteiger partial charge in [0, 0.05) is 9.84 Å². The Kier molecular flexibility index (Phi) is 5.78. The first-order valence-corrected chi connectivity index (χ1v) is 6.61. The average molecular weight is 466 g/mol. The lowest BCUT2D eigenvalue weighted by Gasteiger charge is -2.39. The number of hydrogen-bond donors (Lipinski definition) is 0. The zero-order valence-corrected chi connectivity index (χ0v) is 13.1. The van der Waals surface area contributed by atoms with Crippen molar-refractivity contribution in [2.45, 2.75) is 60.0 Å². The summed E-state index contributed by atoms with van der Waals surface area (Å²) in [6, 6.07) is 0. The molecule has 0 amide bonds. The maximum Gasteiger partial charge on any atom is 0.460 e. The summed E-state index contributed by atoms with van der Waals surface area (Å²) in [5, 5.41) is 0. The van der Waals surface area contributed by atoms with Gasteiger partial charge in [-0.2, -0.15) is 48.3 Å². The van der Waals surface area contributed by atoms with E-state index in [2.05, 4.69) is 0 Å². The highest BCUT2D eigenvalue weighted by Gasteiger charge is 2.87. The van der Waals surface area contributed by atoms with Gasteiger partial charge in [-0.3, -0.25) is 0 Å². The average Bonchev–Trinajstić information content (AvgIpc) is 2.25. The lowest BCUT2D eigenvalue weighted by Crippen LogP contribution is -2.66. The monoisotopic (exact) mass is 466 g/mol. The molecule has 0 aliphatic carbocycles. The minimum Gasteiger partial charge on any atom is -0.200 e. The Morgan fingerprint density at radius 2 is 1.05 bits per heavy atom. The van der Waals surface area contributed by atoms with Crippen LogP contribution < -0.4 is 0 Å². The lowest BCUT2D eigenvalue weighted by molar-refractivity contribution is -0.422. The maximum atomic E-state index is 13.4. The summed E-state index contributed by atoms with van der Waals surface area (Å²) in [6.45, 7) is 2.17. The standard InChI is InChI=1S/C10H10F11I/c1-3-5(2,22)4-6(11,12)7(13,14)8(15,16)9(17,18)10(19,20)21/h3-4H2,1-2H3. The highest BCUT2D eigenvalue weighted by Crippen LogP contribution is 2.59. The van der Waals surface area contributed by atoms with Crippen molar-refractivity contribution in [3.05, 3.63) is 0 Å². The van der Waals surface area contributed by atoms with Gasteiger partial charge >= 0.3 is 29.9 Å². The van der Waals surface area contributed by atoms with Crippen molar-refractivity contribution in [3.63, 3.8) is 0 Å². The van der Waals surface area contributed by atoms with Gasteiger partial charge in [0.25, 0.3) is 0 Å². The summed E-state index contributed by atoms with van der Waals surface area (Å²) in [4.78, 5) is 0. The van der Waals surface area contributed by atoms with Crippen LogP contribution in [0, 0.1) is 0 Å². The molecule has 1 atom stereocenters. The zero-order chi connectivity index (χ0) is 18.4. The molecule has 134 valence electrons. The van der Waals surface area contributed by atoms with E-state index in [-0.39, 0.29) is 6.42 Å². The lowest BCUT2D eigenvalue weighted by atomic mass is 9.90. The van der Waals surface area contributed by atoms with Crippen molar-refractivity contribution in [2.24, 2.45) is 0 Å². The fourth-order valence-corrected chi connectivity index (χ4v) is 1.78. The van der Waals surface area contributed by atoms with Crippen molar-refractivity contribution in [1.82, 2.24) is 0 Å². The topological polar surface area (TPSA) is 0 Å². The summed E-state index contributed by atoms with van der Waals surface area (Å²) in [6.07, 6.45) is -9.36. The zero-order valence-electron chi connectivity index (χ0n) is 10.9. The summed E-state index contributed by atoms with van der Waals surface area (Å²) in [5.74, 6) is -27.3. The van der Waals surface area contributed by atoms with Gasteiger partial charge in [-0.25, -0.2) is 0 Å². The van der Waals surface area contributed by atoms with Crippen LogP contribution in [0.1, 0.15) is 26.7 Å². The quantitative estimate of drug-likeness (QED) is 0.253. The molecule has 0 saturated carbocycles. The summed E-state index contributed by atoms with van der Waals surface area (Å²) < 4.78 is 138. The summed E-state index contributed by atoms with van der Waals surface area (Å²) in [7, 11) is 0. The molecule has 0 saturated heterocycles. The number of halogens is 12. The molecular weight excluding hydrogens is 456 g/mol. The third-order valence-corrected chi connectivity index (χ3v) is 4.08. The molecule has 0 rings (SSSR count). The number of rotatable bonds is 6. The predicted molar refractivity (Wildman–Crippen MR) is 63.2 cm³/mol. The molecule has 0 nitrogen and oxygen atoms in total. The van der Waals surface area contributed by atoms with Gasteiger partial charge in [-0.05, 0) is 6.42 Å². The molecule has 0 spiro atoms. The fraction of sp³-hybridized carbons (Fsp3) is 1.00. The van der Waals surface area contributed by atoms with Crippen molar-refractivity contribution in [1.29, 1.82) is 0 Å². The van der Waals surface area contributed by atoms with E-state index in [4.69, 9.17) is 0 Å². The first kappa shape index (κ1) is 22.0. The van der Waals surface area contributed by atoms with Gasteiger partial charge in [0.2, 0.25) is 0 Å². The van der Waals surface area contributed by atoms with E-state index in [1.165, 1.54) is 29.5 Å². The molecule has 0 aromatic heterocycles. The molecule has 0 fully saturated rings. The van der Waals surface area contributed by atoms with Gasteiger partial charge in [0.15, 0.2) is 0 Å². The molecule has 0 aromatic carbocycles. The number of alkyl halides is 12. The molecule has 0 bridgehead atoms. The Hall–Kier alpha value is -0.0400. The van der Waals surface area contributed by atoms with E-state index in [1.807, 2.05) is 0 Å². The van der Waals surface area contributed by atoms with E-state index in [1.54, 1.807) is 0 Å². The summed E-state index contributed by atoms with van der Waals surface area (Å²) >= 11 is 1.20. The molecule has 1 unspecified atom stereocenters. The van der Waals surface area contributed by atoms with E-state index in [0.29, 0.717) is 0 Å². The molecule has 0 radical (unpaired) electrons. The van der Waals surface area contributed by atoms with Crippen LogP contribution in [0.3, 0.4) is 0 Å². The van der Waals surface area contributed by atoms with E-state index >= 15 is 0 Å². The highest BCUT2D eigenvalue weighted by atomic mass is 127. The van der Waals surface area contributed by atoms with Gasteiger partial charge in [0.05, 0.1) is 0 Å². The Morgan fingerprint density at radius 3 is 1.32 bits per heavy atom. The molecule has 0 aromatic rings. The third kappa shape index (κ3) is 3.55. The Balaban J connectivity index is 5.90. The Morgan fingerprint density at radius 1 is 0.682 bits per heavy atom. The van der Waals surface area contributed by atoms with Crippen LogP contribution >= 0.6 is 22.6 Å². The van der Waals surface area contributed by atoms with Gasteiger partial charge in [0.1, 0.15) is 0 Å². The molecule has 22 heavy (non-hydrogen) atoms. The maximum absolute atomic E-state index is 13.4. The van der Waals surface area contributed by atoms with Crippen molar-refractivity contribution in [2.75, 3.05) is 0 Å². The second-order valence-electron chi connectivity index (χ2n) is 4.87. The molecule has 0 aliphatic heterocycles. The van der Waals surface area contributed by atoms with Crippen LogP contribution in [-0.2, 0) is 0 Å². The molecule has 0 aliphatic rings. The van der Waals surface area contributed by atoms with Crippen LogP contribution in [0.4, 0.5) is 48.3 Å². The van der Waals surface area contributed by atoms with Crippen LogP contribution in [0.2, 0.25) is 0 Å². The van der Waals surface area contributed by atoms with Crippen LogP contribution in [-0.4, -0.2) is 33.3 Å². The van der Waals surface area contributed by atoms with Crippen LogP contribution in [0.15, 0.2) is 0 Å². The third-order valence-electron chi connectivity index (χ3n) is 2.93. The first-order chi connectivity index (χ1) is 9.27. The second-order valence-corrected chi connectivity index (χ2v) is 7.47. The van der Waals surface area contributed by atoms with Gasteiger partial charge in [-0.15, -0.1) is 0 Å². The minimum atomic E-state index is -7.32. The highest BCUT2D eigenvalue weighted by molar-refractivity contribution is 14.1. The minimum absolute atomic E-state index is 0.236. The smallest absolute Gasteiger partial charge is 0.200 e. The molecule has 12 heteroatoms. The molecule has 0 N–H and O–H groups in total. The predicted octanol–water partition coefficient (Wildman–Crippen LogP) is 6.08. The normalized spacial score (nSPS) is 18.3.